The molecule has 1 aromatic heterocycles. The Balaban J connectivity index is 2.39. The number of benzene rings is 1. The maximum atomic E-state index is 10.4. The second-order valence-electron chi connectivity index (χ2n) is 4.48. The quantitative estimate of drug-likeness (QED) is 0.928. The van der Waals surface area contributed by atoms with Gasteiger partial charge in [0.05, 0.1) is 16.8 Å². The molecule has 4 heteroatoms. The monoisotopic (exact) mass is 277 g/mol. The highest BCUT2D eigenvalue weighted by molar-refractivity contribution is 6.31. The summed E-state index contributed by atoms with van der Waals surface area (Å²) in [4.78, 5) is 4.14. The molecule has 0 aliphatic carbocycles. The van der Waals surface area contributed by atoms with Crippen molar-refractivity contribution in [2.45, 2.75) is 26.1 Å². The van der Waals surface area contributed by atoms with Crippen LogP contribution in [0.5, 0.6) is 5.75 Å². The number of aliphatic hydroxyl groups excluding tert-OH is 1. The smallest absolute Gasteiger partial charge is 0.126 e. The lowest BCUT2D eigenvalue weighted by Crippen LogP contribution is -2.10. The predicted molar refractivity (Wildman–Crippen MR) is 75.5 cm³/mol. The van der Waals surface area contributed by atoms with E-state index in [1.165, 1.54) is 0 Å². The van der Waals surface area contributed by atoms with Crippen LogP contribution in [0.15, 0.2) is 42.6 Å². The number of halogens is 1. The molecule has 1 unspecified atom stereocenters. The van der Waals surface area contributed by atoms with Crippen molar-refractivity contribution in [3.8, 4) is 5.75 Å². The molecule has 1 atom stereocenters. The van der Waals surface area contributed by atoms with Crippen molar-refractivity contribution in [3.05, 3.63) is 58.9 Å². The molecule has 0 aliphatic heterocycles. The van der Waals surface area contributed by atoms with Crippen molar-refractivity contribution in [3.63, 3.8) is 0 Å². The van der Waals surface area contributed by atoms with Gasteiger partial charge in [-0.3, -0.25) is 4.98 Å². The van der Waals surface area contributed by atoms with Crippen LogP contribution < -0.4 is 4.74 Å². The third kappa shape index (κ3) is 3.25. The molecule has 2 rings (SSSR count). The molecule has 0 bridgehead atoms. The second-order valence-corrected chi connectivity index (χ2v) is 4.88. The van der Waals surface area contributed by atoms with Crippen LogP contribution in [0.3, 0.4) is 0 Å². The van der Waals surface area contributed by atoms with E-state index in [2.05, 4.69) is 4.98 Å². The van der Waals surface area contributed by atoms with E-state index in [1.54, 1.807) is 18.3 Å². The number of hydrogen-bond acceptors (Lipinski definition) is 3. The number of hydrogen-bond donors (Lipinski definition) is 1. The second kappa shape index (κ2) is 6.04. The minimum absolute atomic E-state index is 0.0348. The van der Waals surface area contributed by atoms with Gasteiger partial charge in [0.15, 0.2) is 0 Å². The van der Waals surface area contributed by atoms with Crippen molar-refractivity contribution < 1.29 is 9.84 Å². The molecule has 0 radical (unpaired) electrons. The van der Waals surface area contributed by atoms with Crippen LogP contribution in [0, 0.1) is 0 Å². The van der Waals surface area contributed by atoms with Gasteiger partial charge in [-0.15, -0.1) is 0 Å². The molecule has 0 fully saturated rings. The molecule has 0 saturated heterocycles. The number of para-hydroxylation sites is 1. The maximum Gasteiger partial charge on any atom is 0.126 e. The molecular formula is C15H16ClNO2. The van der Waals surface area contributed by atoms with E-state index < -0.39 is 6.10 Å². The SMILES string of the molecule is CC(C)Oc1ccccc1C(O)c1ncccc1Cl. The Bertz CT molecular complexity index is 557. The first-order chi connectivity index (χ1) is 9.09. The molecule has 1 heterocycles. The molecule has 1 N–H and O–H groups in total. The Morgan fingerprint density at radius 1 is 1.16 bits per heavy atom. The summed E-state index contributed by atoms with van der Waals surface area (Å²) in [5, 5.41) is 10.9. The first-order valence-electron chi connectivity index (χ1n) is 6.13. The van der Waals surface area contributed by atoms with Crippen LogP contribution in [0.1, 0.15) is 31.2 Å². The summed E-state index contributed by atoms with van der Waals surface area (Å²) in [6, 6.07) is 10.8. The summed E-state index contributed by atoms with van der Waals surface area (Å²) >= 11 is 6.06. The number of aromatic nitrogens is 1. The van der Waals surface area contributed by atoms with Gasteiger partial charge >= 0.3 is 0 Å². The lowest BCUT2D eigenvalue weighted by molar-refractivity contribution is 0.195. The zero-order valence-electron chi connectivity index (χ0n) is 10.9. The zero-order valence-corrected chi connectivity index (χ0v) is 11.6. The van der Waals surface area contributed by atoms with E-state index in [0.717, 1.165) is 0 Å². The number of ether oxygens (including phenoxy) is 1. The van der Waals surface area contributed by atoms with E-state index in [1.807, 2.05) is 38.1 Å². The highest BCUT2D eigenvalue weighted by Gasteiger charge is 2.19. The molecule has 0 spiro atoms. The summed E-state index contributed by atoms with van der Waals surface area (Å²) < 4.78 is 5.70. The minimum atomic E-state index is -0.899. The van der Waals surface area contributed by atoms with Crippen molar-refractivity contribution >= 4 is 11.6 Å². The normalized spacial score (nSPS) is 12.5. The van der Waals surface area contributed by atoms with E-state index in [4.69, 9.17) is 16.3 Å². The van der Waals surface area contributed by atoms with Crippen molar-refractivity contribution in [1.29, 1.82) is 0 Å². The third-order valence-corrected chi connectivity index (χ3v) is 2.94. The Labute approximate surface area is 117 Å². The molecule has 0 saturated carbocycles. The van der Waals surface area contributed by atoms with Gasteiger partial charge in [0, 0.05) is 11.8 Å². The summed E-state index contributed by atoms with van der Waals surface area (Å²) in [6.45, 7) is 3.88. The number of pyridine rings is 1. The Kier molecular flexibility index (Phi) is 4.40. The van der Waals surface area contributed by atoms with E-state index >= 15 is 0 Å². The molecule has 1 aromatic carbocycles. The Morgan fingerprint density at radius 3 is 2.58 bits per heavy atom. The molecule has 0 amide bonds. The van der Waals surface area contributed by atoms with Gasteiger partial charge in [0.25, 0.3) is 0 Å². The van der Waals surface area contributed by atoms with Crippen LogP contribution in [0.25, 0.3) is 0 Å². The lowest BCUT2D eigenvalue weighted by Gasteiger charge is -2.18. The largest absolute Gasteiger partial charge is 0.491 e. The Hall–Kier alpha value is -1.58. The third-order valence-electron chi connectivity index (χ3n) is 2.62. The number of rotatable bonds is 4. The minimum Gasteiger partial charge on any atom is -0.491 e. The fourth-order valence-corrected chi connectivity index (χ4v) is 2.04. The summed E-state index contributed by atoms with van der Waals surface area (Å²) in [7, 11) is 0. The standard InChI is InChI=1S/C15H16ClNO2/c1-10(2)19-13-8-4-3-6-11(13)15(18)14-12(16)7-5-9-17-14/h3-10,15,18H,1-2H3. The predicted octanol–water partition coefficient (Wildman–Crippen LogP) is 3.60. The van der Waals surface area contributed by atoms with Gasteiger partial charge in [0.2, 0.25) is 0 Å². The molecular weight excluding hydrogens is 262 g/mol. The van der Waals surface area contributed by atoms with Crippen LogP contribution in [-0.4, -0.2) is 16.2 Å². The van der Waals surface area contributed by atoms with Crippen LogP contribution in [0.2, 0.25) is 5.02 Å². The fraction of sp³-hybridized carbons (Fsp3) is 0.267. The van der Waals surface area contributed by atoms with Gasteiger partial charge in [-0.2, -0.15) is 0 Å². The van der Waals surface area contributed by atoms with Crippen LogP contribution in [-0.2, 0) is 0 Å². The van der Waals surface area contributed by atoms with Gasteiger partial charge in [-0.25, -0.2) is 0 Å². The van der Waals surface area contributed by atoms with Crippen molar-refractivity contribution in [2.75, 3.05) is 0 Å². The van der Waals surface area contributed by atoms with Crippen LogP contribution >= 0.6 is 11.6 Å². The van der Waals surface area contributed by atoms with Crippen LogP contribution in [0.4, 0.5) is 0 Å². The van der Waals surface area contributed by atoms with E-state index in [9.17, 15) is 5.11 Å². The first kappa shape index (κ1) is 13.8. The molecule has 2 aromatic rings. The highest BCUT2D eigenvalue weighted by atomic mass is 35.5. The van der Waals surface area contributed by atoms with E-state index in [0.29, 0.717) is 22.0 Å². The fourth-order valence-electron chi connectivity index (χ4n) is 1.81. The number of aliphatic hydroxyl groups is 1. The van der Waals surface area contributed by atoms with Gasteiger partial charge in [-0.1, -0.05) is 29.8 Å². The van der Waals surface area contributed by atoms with E-state index in [-0.39, 0.29) is 6.10 Å². The molecule has 0 aliphatic rings. The summed E-state index contributed by atoms with van der Waals surface area (Å²) in [6.07, 6.45) is 0.743. The summed E-state index contributed by atoms with van der Waals surface area (Å²) in [5.74, 6) is 0.645. The average molecular weight is 278 g/mol. The van der Waals surface area contributed by atoms with Gasteiger partial charge < -0.3 is 9.84 Å². The van der Waals surface area contributed by atoms with Gasteiger partial charge in [-0.05, 0) is 32.0 Å². The maximum absolute atomic E-state index is 10.4. The van der Waals surface area contributed by atoms with Crippen molar-refractivity contribution in [1.82, 2.24) is 4.98 Å². The molecule has 19 heavy (non-hydrogen) atoms. The number of nitrogens with zero attached hydrogens (tertiary/aromatic N) is 1. The Morgan fingerprint density at radius 2 is 1.89 bits per heavy atom. The molecule has 3 nitrogen and oxygen atoms in total. The van der Waals surface area contributed by atoms with Crippen molar-refractivity contribution in [2.24, 2.45) is 0 Å². The topological polar surface area (TPSA) is 42.4 Å². The highest BCUT2D eigenvalue weighted by Crippen LogP contribution is 2.32. The zero-order chi connectivity index (χ0) is 13.8. The molecule has 100 valence electrons. The van der Waals surface area contributed by atoms with Gasteiger partial charge in [0.1, 0.15) is 11.9 Å². The average Bonchev–Trinajstić information content (AvgIpc) is 2.38. The lowest BCUT2D eigenvalue weighted by atomic mass is 10.0. The summed E-state index contributed by atoms with van der Waals surface area (Å²) in [5.41, 5.74) is 1.10. The first-order valence-corrected chi connectivity index (χ1v) is 6.51.